The lowest BCUT2D eigenvalue weighted by molar-refractivity contribution is -0.150. The molecule has 22 heavy (non-hydrogen) atoms. The van der Waals surface area contributed by atoms with Gasteiger partial charge in [0.25, 0.3) is 0 Å². The molecule has 1 amide bonds. The van der Waals surface area contributed by atoms with Crippen molar-refractivity contribution in [2.75, 3.05) is 0 Å². The van der Waals surface area contributed by atoms with Crippen LogP contribution in [0.1, 0.15) is 31.4 Å². The van der Waals surface area contributed by atoms with Crippen LogP contribution in [0.2, 0.25) is 0 Å². The summed E-state index contributed by atoms with van der Waals surface area (Å²) in [5.74, 6) is -4.07. The first-order valence-corrected chi connectivity index (χ1v) is 7.22. The molecule has 1 saturated carbocycles. The van der Waals surface area contributed by atoms with Crippen molar-refractivity contribution >= 4 is 17.8 Å². The van der Waals surface area contributed by atoms with E-state index in [9.17, 15) is 24.6 Å². The molecule has 1 fully saturated rings. The van der Waals surface area contributed by atoms with E-state index in [0.717, 1.165) is 12.8 Å². The second-order valence-corrected chi connectivity index (χ2v) is 5.52. The fourth-order valence-corrected chi connectivity index (χ4v) is 2.84. The lowest BCUT2D eigenvalue weighted by Gasteiger charge is -2.28. The minimum Gasteiger partial charge on any atom is -0.481 e. The Balaban J connectivity index is 2.03. The molecule has 4 N–H and O–H groups in total. The molecule has 1 aromatic heterocycles. The summed E-state index contributed by atoms with van der Waals surface area (Å²) in [6, 6.07) is -1.11. The first-order chi connectivity index (χ1) is 10.5. The number of imidazole rings is 1. The van der Waals surface area contributed by atoms with E-state index < -0.39 is 35.7 Å². The lowest BCUT2D eigenvalue weighted by Crippen LogP contribution is -2.48. The summed E-state index contributed by atoms with van der Waals surface area (Å²) in [5.41, 5.74) is 0.589. The number of hydrogen-bond acceptors (Lipinski definition) is 4. The summed E-state index contributed by atoms with van der Waals surface area (Å²) in [4.78, 5) is 41.4. The quantitative estimate of drug-likeness (QED) is 0.601. The Hall–Kier alpha value is -2.38. The summed E-state index contributed by atoms with van der Waals surface area (Å²) in [5, 5.41) is 20.9. The number of nitrogens with one attached hydrogen (secondary N) is 2. The van der Waals surface area contributed by atoms with Crippen molar-refractivity contribution in [3.05, 3.63) is 18.2 Å². The number of amides is 1. The highest BCUT2D eigenvalue weighted by molar-refractivity contribution is 5.88. The molecular weight excluding hydrogens is 290 g/mol. The molecule has 2 rings (SSSR count). The van der Waals surface area contributed by atoms with Gasteiger partial charge in [-0.05, 0) is 12.8 Å². The van der Waals surface area contributed by atoms with Crippen molar-refractivity contribution in [1.82, 2.24) is 15.3 Å². The van der Waals surface area contributed by atoms with Crippen LogP contribution in [0.3, 0.4) is 0 Å². The largest absolute Gasteiger partial charge is 0.481 e. The number of rotatable bonds is 6. The van der Waals surface area contributed by atoms with Crippen molar-refractivity contribution in [1.29, 1.82) is 0 Å². The molecule has 0 radical (unpaired) electrons. The third-order valence-corrected chi connectivity index (χ3v) is 4.01. The Bertz CT molecular complexity index is 543. The Kier molecular flexibility index (Phi) is 5.13. The third-order valence-electron chi connectivity index (χ3n) is 4.01. The minimum atomic E-state index is -1.16. The van der Waals surface area contributed by atoms with E-state index >= 15 is 0 Å². The van der Waals surface area contributed by atoms with Crippen molar-refractivity contribution in [2.24, 2.45) is 11.8 Å². The number of carbonyl (C=O) groups excluding carboxylic acids is 1. The van der Waals surface area contributed by atoms with Gasteiger partial charge in [0.15, 0.2) is 0 Å². The molecule has 3 atom stereocenters. The molecule has 0 bridgehead atoms. The molecule has 0 spiro atoms. The Labute approximate surface area is 126 Å². The molecule has 0 saturated heterocycles. The zero-order chi connectivity index (χ0) is 16.1. The molecule has 1 aliphatic carbocycles. The Morgan fingerprint density at radius 2 is 1.95 bits per heavy atom. The van der Waals surface area contributed by atoms with Crippen LogP contribution < -0.4 is 5.32 Å². The van der Waals surface area contributed by atoms with E-state index in [1.54, 1.807) is 0 Å². The molecule has 1 heterocycles. The van der Waals surface area contributed by atoms with Crippen molar-refractivity contribution < 1.29 is 24.6 Å². The number of aromatic amines is 1. The van der Waals surface area contributed by atoms with Crippen LogP contribution >= 0.6 is 0 Å². The summed E-state index contributed by atoms with van der Waals surface area (Å²) in [6.07, 6.45) is 5.47. The fourth-order valence-electron chi connectivity index (χ4n) is 2.84. The van der Waals surface area contributed by atoms with Gasteiger partial charge in [-0.3, -0.25) is 9.59 Å². The number of carbonyl (C=O) groups is 3. The smallest absolute Gasteiger partial charge is 0.326 e. The zero-order valence-corrected chi connectivity index (χ0v) is 12.0. The van der Waals surface area contributed by atoms with Gasteiger partial charge >= 0.3 is 11.9 Å². The molecule has 0 aromatic carbocycles. The topological polar surface area (TPSA) is 132 Å². The molecule has 1 aromatic rings. The number of aromatic nitrogens is 2. The molecule has 0 unspecified atom stereocenters. The van der Waals surface area contributed by atoms with Crippen LogP contribution in [0.5, 0.6) is 0 Å². The van der Waals surface area contributed by atoms with Gasteiger partial charge in [0.2, 0.25) is 5.91 Å². The predicted molar refractivity (Wildman–Crippen MR) is 74.9 cm³/mol. The first-order valence-electron chi connectivity index (χ1n) is 7.22. The van der Waals surface area contributed by atoms with Gasteiger partial charge in [0.05, 0.1) is 18.2 Å². The second kappa shape index (κ2) is 7.06. The van der Waals surface area contributed by atoms with Crippen LogP contribution in [0, 0.1) is 11.8 Å². The van der Waals surface area contributed by atoms with Crippen LogP contribution in [0.4, 0.5) is 0 Å². The van der Waals surface area contributed by atoms with Crippen LogP contribution in [0.25, 0.3) is 0 Å². The standard InChI is InChI=1S/C14H19N3O5/c18-12(9-3-1-2-4-10(9)13(19)20)17-11(14(21)22)5-8-6-15-7-16-8/h6-7,9-11H,1-5H2,(H,15,16)(H,17,18)(H,19,20)(H,21,22)/t9-,10+,11-/m1/s1. The summed E-state index contributed by atoms with van der Waals surface area (Å²) < 4.78 is 0. The lowest BCUT2D eigenvalue weighted by atomic mass is 9.78. The van der Waals surface area contributed by atoms with E-state index in [1.807, 2.05) is 0 Å². The molecule has 0 aliphatic heterocycles. The van der Waals surface area contributed by atoms with Gasteiger partial charge in [0, 0.05) is 18.3 Å². The SMILES string of the molecule is O=C(O)[C@H]1CCCC[C@H]1C(=O)N[C@H](Cc1cnc[nH]1)C(=O)O. The van der Waals surface area contributed by atoms with Crippen molar-refractivity contribution in [3.63, 3.8) is 0 Å². The monoisotopic (exact) mass is 309 g/mol. The molecule has 8 heteroatoms. The van der Waals surface area contributed by atoms with E-state index in [2.05, 4.69) is 15.3 Å². The van der Waals surface area contributed by atoms with Crippen LogP contribution in [-0.4, -0.2) is 44.1 Å². The van der Waals surface area contributed by atoms with E-state index in [-0.39, 0.29) is 6.42 Å². The van der Waals surface area contributed by atoms with Gasteiger partial charge in [-0.25, -0.2) is 9.78 Å². The number of hydrogen-bond donors (Lipinski definition) is 4. The maximum absolute atomic E-state index is 12.3. The average molecular weight is 309 g/mol. The molecular formula is C14H19N3O5. The molecule has 1 aliphatic rings. The van der Waals surface area contributed by atoms with E-state index in [4.69, 9.17) is 0 Å². The van der Waals surface area contributed by atoms with Crippen molar-refractivity contribution in [2.45, 2.75) is 38.1 Å². The van der Waals surface area contributed by atoms with Gasteiger partial charge in [-0.2, -0.15) is 0 Å². The van der Waals surface area contributed by atoms with Crippen molar-refractivity contribution in [3.8, 4) is 0 Å². The van der Waals surface area contributed by atoms with E-state index in [0.29, 0.717) is 18.5 Å². The van der Waals surface area contributed by atoms with Gasteiger partial charge in [-0.1, -0.05) is 12.8 Å². The molecule has 120 valence electrons. The maximum atomic E-state index is 12.3. The Morgan fingerprint density at radius 1 is 1.27 bits per heavy atom. The first kappa shape index (κ1) is 16.0. The normalized spacial score (nSPS) is 22.7. The van der Waals surface area contributed by atoms with E-state index in [1.165, 1.54) is 12.5 Å². The third kappa shape index (κ3) is 3.84. The summed E-state index contributed by atoms with van der Waals surface area (Å²) >= 11 is 0. The summed E-state index contributed by atoms with van der Waals surface area (Å²) in [6.45, 7) is 0. The van der Waals surface area contributed by atoms with Gasteiger partial charge in [-0.15, -0.1) is 0 Å². The van der Waals surface area contributed by atoms with Gasteiger partial charge < -0.3 is 20.5 Å². The number of carboxylic acids is 2. The highest BCUT2D eigenvalue weighted by Crippen LogP contribution is 2.30. The van der Waals surface area contributed by atoms with Crippen LogP contribution in [-0.2, 0) is 20.8 Å². The maximum Gasteiger partial charge on any atom is 0.326 e. The minimum absolute atomic E-state index is 0.0749. The number of aliphatic carboxylic acids is 2. The fraction of sp³-hybridized carbons (Fsp3) is 0.571. The second-order valence-electron chi connectivity index (χ2n) is 5.52. The average Bonchev–Trinajstić information content (AvgIpc) is 2.99. The van der Waals surface area contributed by atoms with Crippen LogP contribution in [0.15, 0.2) is 12.5 Å². The molecule has 8 nitrogen and oxygen atoms in total. The number of H-pyrrole nitrogens is 1. The Morgan fingerprint density at radius 3 is 2.50 bits per heavy atom. The summed E-state index contributed by atoms with van der Waals surface area (Å²) in [7, 11) is 0. The highest BCUT2D eigenvalue weighted by Gasteiger charge is 2.37. The predicted octanol–water partition coefficient (Wildman–Crippen LogP) is 0.413. The van der Waals surface area contributed by atoms with Gasteiger partial charge in [0.1, 0.15) is 6.04 Å². The zero-order valence-electron chi connectivity index (χ0n) is 12.0. The highest BCUT2D eigenvalue weighted by atomic mass is 16.4. The number of nitrogens with zero attached hydrogens (tertiary/aromatic N) is 1. The number of carboxylic acid groups (broad SMARTS) is 2.